The molecule has 4 heterocycles. The van der Waals surface area contributed by atoms with Crippen LogP contribution in [0.4, 0.5) is 0 Å². The summed E-state index contributed by atoms with van der Waals surface area (Å²) in [5, 5.41) is 0. The molecule has 0 bridgehead atoms. The van der Waals surface area contributed by atoms with Gasteiger partial charge in [-0.25, -0.2) is 0 Å². The van der Waals surface area contributed by atoms with Crippen molar-refractivity contribution >= 4 is 0 Å². The molecule has 6 rings (SSSR count). The van der Waals surface area contributed by atoms with Crippen LogP contribution in [0.2, 0.25) is 0 Å². The number of rotatable bonds is 6. The topological polar surface area (TPSA) is 88.5 Å². The average molecular weight is 655 g/mol. The number of hydrogen-bond acceptors (Lipinski definition) is 8. The highest BCUT2D eigenvalue weighted by atomic mass is 16.5. The smallest absolute Gasteiger partial charge is 0.136 e. The van der Waals surface area contributed by atoms with Gasteiger partial charge in [-0.3, -0.25) is 19.9 Å². The van der Waals surface area contributed by atoms with Crippen LogP contribution in [0.3, 0.4) is 0 Å². The maximum Gasteiger partial charge on any atom is 0.136 e. The van der Waals surface area contributed by atoms with E-state index < -0.39 is 0 Å². The van der Waals surface area contributed by atoms with Crippen LogP contribution < -0.4 is 18.9 Å². The van der Waals surface area contributed by atoms with Crippen molar-refractivity contribution in [3.05, 3.63) is 143 Å². The molecule has 4 aromatic heterocycles. The fourth-order valence-electron chi connectivity index (χ4n) is 4.87. The van der Waals surface area contributed by atoms with Gasteiger partial charge in [-0.1, -0.05) is 47.7 Å². The van der Waals surface area contributed by atoms with Gasteiger partial charge < -0.3 is 18.9 Å². The zero-order chi connectivity index (χ0) is 34.7. The van der Waals surface area contributed by atoms with Gasteiger partial charge in [0.05, 0.1) is 73.5 Å². The average Bonchev–Trinajstić information content (AvgIpc) is 3.19. The molecule has 0 aliphatic carbocycles. The van der Waals surface area contributed by atoms with E-state index in [9.17, 15) is 0 Å². The molecule has 242 valence electrons. The van der Waals surface area contributed by atoms with Gasteiger partial charge in [0.15, 0.2) is 0 Å². The van der Waals surface area contributed by atoms with Crippen molar-refractivity contribution in [2.45, 2.75) is 0 Å². The fraction of sp³-hybridized carbons (Fsp3) is 0.0952. The molecule has 0 spiro atoms. The Balaban J connectivity index is 1.25. The van der Waals surface area contributed by atoms with Crippen LogP contribution >= 0.6 is 0 Å². The van der Waals surface area contributed by atoms with E-state index in [-0.39, 0.29) is 0 Å². The number of pyridine rings is 4. The van der Waals surface area contributed by atoms with E-state index in [0.29, 0.717) is 45.3 Å². The summed E-state index contributed by atoms with van der Waals surface area (Å²) in [5.41, 5.74) is 7.16. The molecule has 50 heavy (non-hydrogen) atoms. The molecule has 8 nitrogen and oxygen atoms in total. The summed E-state index contributed by atoms with van der Waals surface area (Å²) in [6.07, 6.45) is 6.92. The number of aromatic nitrogens is 4. The van der Waals surface area contributed by atoms with Crippen molar-refractivity contribution in [3.63, 3.8) is 0 Å². The molecule has 8 heteroatoms. The highest BCUT2D eigenvalue weighted by molar-refractivity contribution is 5.64. The highest BCUT2D eigenvalue weighted by Crippen LogP contribution is 2.30. The summed E-state index contributed by atoms with van der Waals surface area (Å²) in [4.78, 5) is 17.7. The number of nitrogens with zero attached hydrogens (tertiary/aromatic N) is 4. The van der Waals surface area contributed by atoms with Gasteiger partial charge in [-0.2, -0.15) is 0 Å². The summed E-state index contributed by atoms with van der Waals surface area (Å²) in [5.74, 6) is 21.2. The van der Waals surface area contributed by atoms with Gasteiger partial charge in [0.1, 0.15) is 23.0 Å². The van der Waals surface area contributed by atoms with E-state index in [2.05, 4.69) is 55.5 Å². The Morgan fingerprint density at radius 1 is 0.380 bits per heavy atom. The van der Waals surface area contributed by atoms with Crippen molar-refractivity contribution in [1.82, 2.24) is 19.9 Å². The predicted octanol–water partition coefficient (Wildman–Crippen LogP) is 6.83. The molecule has 0 fully saturated rings. The molecule has 0 aliphatic heterocycles. The minimum Gasteiger partial charge on any atom is -0.495 e. The summed E-state index contributed by atoms with van der Waals surface area (Å²) in [7, 11) is 6.35. The second-order valence-corrected chi connectivity index (χ2v) is 10.5. The Morgan fingerprint density at radius 3 is 1.00 bits per heavy atom. The van der Waals surface area contributed by atoms with Crippen LogP contribution in [0, 0.1) is 35.5 Å². The summed E-state index contributed by atoms with van der Waals surface area (Å²) in [6.45, 7) is 0. The first-order valence-corrected chi connectivity index (χ1v) is 15.4. The fourth-order valence-corrected chi connectivity index (χ4v) is 4.87. The lowest BCUT2D eigenvalue weighted by atomic mass is 10.1. The predicted molar refractivity (Wildman–Crippen MR) is 192 cm³/mol. The van der Waals surface area contributed by atoms with Crippen molar-refractivity contribution in [2.75, 3.05) is 28.4 Å². The van der Waals surface area contributed by atoms with Crippen LogP contribution in [0.5, 0.6) is 23.0 Å². The van der Waals surface area contributed by atoms with Gasteiger partial charge in [0.2, 0.25) is 0 Å². The van der Waals surface area contributed by atoms with E-state index in [0.717, 1.165) is 33.9 Å². The molecular formula is C42H30N4O4. The van der Waals surface area contributed by atoms with E-state index in [1.54, 1.807) is 77.5 Å². The van der Waals surface area contributed by atoms with Crippen LogP contribution in [0.15, 0.2) is 110 Å². The van der Waals surface area contributed by atoms with Crippen LogP contribution in [0.1, 0.15) is 33.4 Å². The summed E-state index contributed by atoms with van der Waals surface area (Å²) >= 11 is 0. The zero-order valence-electron chi connectivity index (χ0n) is 27.8. The molecule has 0 saturated carbocycles. The van der Waals surface area contributed by atoms with Gasteiger partial charge in [-0.05, 0) is 48.5 Å². The van der Waals surface area contributed by atoms with E-state index in [4.69, 9.17) is 18.9 Å². The maximum absolute atomic E-state index is 5.69. The second kappa shape index (κ2) is 15.7. The molecular weight excluding hydrogens is 624 g/mol. The largest absolute Gasteiger partial charge is 0.495 e. The lowest BCUT2D eigenvalue weighted by Gasteiger charge is -2.10. The monoisotopic (exact) mass is 654 g/mol. The minimum atomic E-state index is 0.544. The quantitative estimate of drug-likeness (QED) is 0.181. The summed E-state index contributed by atoms with van der Waals surface area (Å²) < 4.78 is 22.7. The third-order valence-electron chi connectivity index (χ3n) is 7.44. The van der Waals surface area contributed by atoms with Crippen LogP contribution in [-0.4, -0.2) is 48.4 Å². The number of benzene rings is 2. The summed E-state index contributed by atoms with van der Waals surface area (Å²) in [6, 6.07) is 26.2. The van der Waals surface area contributed by atoms with Gasteiger partial charge in [0.25, 0.3) is 0 Å². The molecule has 0 radical (unpaired) electrons. The Labute approximate surface area is 291 Å². The Hall–Kier alpha value is -7.08. The van der Waals surface area contributed by atoms with Crippen LogP contribution in [-0.2, 0) is 0 Å². The molecule has 0 atom stereocenters. The third kappa shape index (κ3) is 7.72. The standard InChI is InChI=1S/C42H30N4O4/c1-47-39-25-33(41(49-3)23-31(39)15-11-29-13-19-37(45-27-29)35-9-5-7-21-43-35)17-18-34-26-40(48-2)32(24-42(34)50-4)16-12-30-14-20-38(46-28-30)36-10-6-8-22-44-36/h5-10,13-14,19-28H,1-4H3. The molecule has 0 amide bonds. The lowest BCUT2D eigenvalue weighted by Crippen LogP contribution is -1.96. The minimum absolute atomic E-state index is 0.544. The Kier molecular flexibility index (Phi) is 10.3. The number of methoxy groups -OCH3 is 4. The van der Waals surface area contributed by atoms with Gasteiger partial charge >= 0.3 is 0 Å². The van der Waals surface area contributed by atoms with Crippen molar-refractivity contribution in [2.24, 2.45) is 0 Å². The Bertz CT molecular complexity index is 2140. The van der Waals surface area contributed by atoms with Crippen LogP contribution in [0.25, 0.3) is 22.8 Å². The SMILES string of the molecule is COc1cc(C#Cc2cc(OC)c(C#Cc3ccc(-c4ccccn4)nc3)cc2OC)c(OC)cc1C#Cc1ccc(-c2ccccn2)nc1. The first-order chi connectivity index (χ1) is 24.6. The third-order valence-corrected chi connectivity index (χ3v) is 7.44. The molecule has 0 aliphatic rings. The van der Waals surface area contributed by atoms with E-state index in [1.165, 1.54) is 0 Å². The van der Waals surface area contributed by atoms with E-state index in [1.807, 2.05) is 60.7 Å². The molecule has 0 N–H and O–H groups in total. The molecule has 0 saturated heterocycles. The molecule has 6 aromatic rings. The maximum atomic E-state index is 5.69. The van der Waals surface area contributed by atoms with E-state index >= 15 is 0 Å². The van der Waals surface area contributed by atoms with Crippen molar-refractivity contribution < 1.29 is 18.9 Å². The first kappa shape index (κ1) is 32.8. The first-order valence-electron chi connectivity index (χ1n) is 15.4. The number of hydrogen-bond donors (Lipinski definition) is 0. The lowest BCUT2D eigenvalue weighted by molar-refractivity contribution is 0.401. The number of ether oxygens (including phenoxy) is 4. The Morgan fingerprint density at radius 2 is 0.720 bits per heavy atom. The van der Waals surface area contributed by atoms with Crippen molar-refractivity contribution in [1.29, 1.82) is 0 Å². The van der Waals surface area contributed by atoms with Crippen molar-refractivity contribution in [3.8, 4) is 81.3 Å². The highest BCUT2D eigenvalue weighted by Gasteiger charge is 2.12. The molecule has 2 aromatic carbocycles. The van der Waals surface area contributed by atoms with Gasteiger partial charge in [0, 0.05) is 60.2 Å². The zero-order valence-corrected chi connectivity index (χ0v) is 27.8. The van der Waals surface area contributed by atoms with Gasteiger partial charge in [-0.15, -0.1) is 0 Å². The normalized spacial score (nSPS) is 9.92. The molecule has 0 unspecified atom stereocenters. The second-order valence-electron chi connectivity index (χ2n) is 10.5.